The molecule has 0 saturated heterocycles. The van der Waals surface area contributed by atoms with Gasteiger partial charge in [0.05, 0.1) is 11.8 Å². The third kappa shape index (κ3) is 3.82. The minimum atomic E-state index is 0.261. The van der Waals surface area contributed by atoms with Crippen LogP contribution in [0.3, 0.4) is 0 Å². The summed E-state index contributed by atoms with van der Waals surface area (Å²) in [5, 5.41) is 0.739. The number of nitrogens with zero attached hydrogens (tertiary/aromatic N) is 1. The fourth-order valence-corrected chi connectivity index (χ4v) is 1.88. The largest absolute Gasteiger partial charge is 0.489 e. The van der Waals surface area contributed by atoms with Crippen LogP contribution >= 0.6 is 15.9 Å². The van der Waals surface area contributed by atoms with Crippen molar-refractivity contribution in [3.8, 4) is 5.75 Å². The van der Waals surface area contributed by atoms with Crippen LogP contribution < -0.4 is 4.74 Å². The highest BCUT2D eigenvalue weighted by Gasteiger charge is 2.08. The SMILES string of the molecule is CCCC(C)Oc1ccc(C)nc1CBr. The van der Waals surface area contributed by atoms with Gasteiger partial charge in [0.1, 0.15) is 5.75 Å². The summed E-state index contributed by atoms with van der Waals surface area (Å²) in [5.41, 5.74) is 2.01. The van der Waals surface area contributed by atoms with Gasteiger partial charge in [0.25, 0.3) is 0 Å². The molecule has 0 aromatic carbocycles. The summed E-state index contributed by atoms with van der Waals surface area (Å²) in [5.74, 6) is 0.901. The highest BCUT2D eigenvalue weighted by atomic mass is 79.9. The van der Waals surface area contributed by atoms with Crippen molar-refractivity contribution in [2.45, 2.75) is 45.0 Å². The minimum absolute atomic E-state index is 0.261. The maximum absolute atomic E-state index is 5.84. The van der Waals surface area contributed by atoms with Gasteiger partial charge in [0.2, 0.25) is 0 Å². The van der Waals surface area contributed by atoms with Crippen LogP contribution in [0.4, 0.5) is 0 Å². The zero-order chi connectivity index (χ0) is 11.3. The molecular weight excluding hydrogens is 254 g/mol. The van der Waals surface area contributed by atoms with Crippen LogP contribution in [0.15, 0.2) is 12.1 Å². The van der Waals surface area contributed by atoms with Gasteiger partial charge < -0.3 is 4.74 Å². The first-order chi connectivity index (χ1) is 7.17. The van der Waals surface area contributed by atoms with Crippen LogP contribution in [0.1, 0.15) is 38.1 Å². The van der Waals surface area contributed by atoms with Crippen LogP contribution in [0, 0.1) is 6.92 Å². The fraction of sp³-hybridized carbons (Fsp3) is 0.583. The molecule has 2 nitrogen and oxygen atoms in total. The monoisotopic (exact) mass is 271 g/mol. The quantitative estimate of drug-likeness (QED) is 0.759. The number of alkyl halides is 1. The van der Waals surface area contributed by atoms with Crippen molar-refractivity contribution in [3.05, 3.63) is 23.5 Å². The molecule has 15 heavy (non-hydrogen) atoms. The Balaban J connectivity index is 2.75. The first-order valence-corrected chi connectivity index (χ1v) is 6.48. The Morgan fingerprint density at radius 3 is 2.80 bits per heavy atom. The van der Waals surface area contributed by atoms with Crippen molar-refractivity contribution in [1.29, 1.82) is 0 Å². The first kappa shape index (κ1) is 12.5. The van der Waals surface area contributed by atoms with E-state index in [0.717, 1.165) is 35.3 Å². The molecule has 0 aliphatic carbocycles. The second-order valence-corrected chi connectivity index (χ2v) is 4.31. The van der Waals surface area contributed by atoms with Crippen molar-refractivity contribution in [1.82, 2.24) is 4.98 Å². The molecule has 0 aliphatic heterocycles. The standard InChI is InChI=1S/C12H18BrNO/c1-4-5-10(3)15-12-7-6-9(2)14-11(12)8-13/h6-7,10H,4-5,8H2,1-3H3. The zero-order valence-electron chi connectivity index (χ0n) is 9.59. The van der Waals surface area contributed by atoms with Crippen molar-refractivity contribution in [2.24, 2.45) is 0 Å². The Labute approximate surface area is 100 Å². The number of hydrogen-bond donors (Lipinski definition) is 0. The molecule has 1 heterocycles. The van der Waals surface area contributed by atoms with Crippen LogP contribution in [-0.2, 0) is 5.33 Å². The first-order valence-electron chi connectivity index (χ1n) is 5.36. The molecule has 84 valence electrons. The molecule has 0 aliphatic rings. The van der Waals surface area contributed by atoms with Crippen LogP contribution in [-0.4, -0.2) is 11.1 Å². The van der Waals surface area contributed by atoms with Crippen LogP contribution in [0.2, 0.25) is 0 Å². The van der Waals surface area contributed by atoms with Gasteiger partial charge in [-0.3, -0.25) is 4.98 Å². The molecule has 0 bridgehead atoms. The molecule has 0 spiro atoms. The molecule has 0 saturated carbocycles. The van der Waals surface area contributed by atoms with Gasteiger partial charge in [-0.1, -0.05) is 29.3 Å². The van der Waals surface area contributed by atoms with Crippen LogP contribution in [0.5, 0.6) is 5.75 Å². The lowest BCUT2D eigenvalue weighted by Gasteiger charge is -2.15. The summed E-state index contributed by atoms with van der Waals surface area (Å²) in [7, 11) is 0. The summed E-state index contributed by atoms with van der Waals surface area (Å²) in [6.07, 6.45) is 2.48. The maximum Gasteiger partial charge on any atom is 0.142 e. The fourth-order valence-electron chi connectivity index (χ4n) is 1.48. The van der Waals surface area contributed by atoms with Crippen LogP contribution in [0.25, 0.3) is 0 Å². The third-order valence-corrected chi connectivity index (χ3v) is 2.75. The normalized spacial score (nSPS) is 12.5. The average molecular weight is 272 g/mol. The number of ether oxygens (including phenoxy) is 1. The Bertz CT molecular complexity index is 314. The number of halogens is 1. The van der Waals surface area contributed by atoms with E-state index in [1.807, 2.05) is 19.1 Å². The predicted molar refractivity (Wildman–Crippen MR) is 66.6 cm³/mol. The number of aromatic nitrogens is 1. The van der Waals surface area contributed by atoms with Gasteiger partial charge in [-0.25, -0.2) is 0 Å². The summed E-state index contributed by atoms with van der Waals surface area (Å²) in [6.45, 7) is 6.26. The topological polar surface area (TPSA) is 22.1 Å². The number of hydrogen-bond acceptors (Lipinski definition) is 2. The Morgan fingerprint density at radius 2 is 2.20 bits per heavy atom. The van der Waals surface area contributed by atoms with E-state index in [1.54, 1.807) is 0 Å². The number of pyridine rings is 1. The average Bonchev–Trinajstić information content (AvgIpc) is 2.21. The summed E-state index contributed by atoms with van der Waals surface area (Å²) < 4.78 is 5.84. The highest BCUT2D eigenvalue weighted by molar-refractivity contribution is 9.08. The van der Waals surface area contributed by atoms with Gasteiger partial charge in [0.15, 0.2) is 0 Å². The summed E-state index contributed by atoms with van der Waals surface area (Å²) in [6, 6.07) is 3.99. The highest BCUT2D eigenvalue weighted by Crippen LogP contribution is 2.21. The van der Waals surface area contributed by atoms with Gasteiger partial charge in [-0.05, 0) is 32.4 Å². The summed E-state index contributed by atoms with van der Waals surface area (Å²) >= 11 is 3.43. The molecule has 1 aromatic heterocycles. The van der Waals surface area contributed by atoms with E-state index in [2.05, 4.69) is 34.8 Å². The smallest absolute Gasteiger partial charge is 0.142 e. The molecule has 0 amide bonds. The van der Waals surface area contributed by atoms with Gasteiger partial charge in [-0.2, -0.15) is 0 Å². The number of rotatable bonds is 5. The molecule has 1 atom stereocenters. The zero-order valence-corrected chi connectivity index (χ0v) is 11.2. The Morgan fingerprint density at radius 1 is 1.47 bits per heavy atom. The van der Waals surface area contributed by atoms with E-state index in [9.17, 15) is 0 Å². The van der Waals surface area contributed by atoms with Crippen molar-refractivity contribution >= 4 is 15.9 Å². The van der Waals surface area contributed by atoms with E-state index in [0.29, 0.717) is 0 Å². The van der Waals surface area contributed by atoms with Crippen molar-refractivity contribution in [2.75, 3.05) is 0 Å². The van der Waals surface area contributed by atoms with E-state index < -0.39 is 0 Å². The van der Waals surface area contributed by atoms with Crippen molar-refractivity contribution in [3.63, 3.8) is 0 Å². The van der Waals surface area contributed by atoms with E-state index >= 15 is 0 Å². The van der Waals surface area contributed by atoms with Crippen molar-refractivity contribution < 1.29 is 4.74 Å². The second-order valence-electron chi connectivity index (χ2n) is 3.75. The number of aryl methyl sites for hydroxylation is 1. The van der Waals surface area contributed by atoms with Gasteiger partial charge in [-0.15, -0.1) is 0 Å². The predicted octanol–water partition coefficient (Wildman–Crippen LogP) is 3.85. The molecule has 1 rings (SSSR count). The Hall–Kier alpha value is -0.570. The Kier molecular flexibility index (Phi) is 5.09. The second kappa shape index (κ2) is 6.11. The molecular formula is C12H18BrNO. The van der Waals surface area contributed by atoms with E-state index in [-0.39, 0.29) is 6.10 Å². The molecule has 1 aromatic rings. The molecule has 3 heteroatoms. The summed E-state index contributed by atoms with van der Waals surface area (Å²) in [4.78, 5) is 4.43. The maximum atomic E-state index is 5.84. The minimum Gasteiger partial charge on any atom is -0.489 e. The molecule has 0 fully saturated rings. The van der Waals surface area contributed by atoms with Gasteiger partial charge in [0, 0.05) is 11.0 Å². The third-order valence-electron chi connectivity index (χ3n) is 2.22. The van der Waals surface area contributed by atoms with E-state index in [4.69, 9.17) is 4.74 Å². The lowest BCUT2D eigenvalue weighted by Crippen LogP contribution is -2.12. The molecule has 0 N–H and O–H groups in total. The van der Waals surface area contributed by atoms with Gasteiger partial charge >= 0.3 is 0 Å². The lowest BCUT2D eigenvalue weighted by atomic mass is 10.2. The van der Waals surface area contributed by atoms with E-state index in [1.165, 1.54) is 0 Å². The molecule has 0 radical (unpaired) electrons. The molecule has 1 unspecified atom stereocenters. The lowest BCUT2D eigenvalue weighted by molar-refractivity contribution is 0.207.